The van der Waals surface area contributed by atoms with Crippen molar-refractivity contribution in [1.82, 2.24) is 0 Å². The van der Waals surface area contributed by atoms with Gasteiger partial charge in [0.25, 0.3) is 0 Å². The summed E-state index contributed by atoms with van der Waals surface area (Å²) >= 11 is 0. The van der Waals surface area contributed by atoms with Gasteiger partial charge in [-0.05, 0) is 12.8 Å². The highest BCUT2D eigenvalue weighted by Gasteiger charge is 2.50. The fourth-order valence-electron chi connectivity index (χ4n) is 3.25. The summed E-state index contributed by atoms with van der Waals surface area (Å²) in [6.45, 7) is 6.76. The van der Waals surface area contributed by atoms with Crippen molar-refractivity contribution >= 4 is 5.97 Å². The third-order valence-electron chi connectivity index (χ3n) is 4.85. The Morgan fingerprint density at radius 3 is 2.71 bits per heavy atom. The first-order valence-electron chi connectivity index (χ1n) is 7.52. The molecule has 2 rings (SSSR count). The molecule has 1 unspecified atom stereocenters. The lowest BCUT2D eigenvalue weighted by atomic mass is 9.85. The van der Waals surface area contributed by atoms with Crippen LogP contribution in [0.25, 0.3) is 0 Å². The lowest BCUT2D eigenvalue weighted by molar-refractivity contribution is -0.898. The highest BCUT2D eigenvalue weighted by Crippen LogP contribution is 2.27. The van der Waals surface area contributed by atoms with Gasteiger partial charge >= 0.3 is 5.97 Å². The maximum atomic E-state index is 12.5. The Morgan fingerprint density at radius 2 is 2.14 bits per heavy atom. The lowest BCUT2D eigenvalue weighted by Gasteiger charge is -2.34. The molecule has 6 nitrogen and oxygen atoms in total. The van der Waals surface area contributed by atoms with E-state index < -0.39 is 23.8 Å². The second kappa shape index (κ2) is 6.04. The van der Waals surface area contributed by atoms with Gasteiger partial charge in [0, 0.05) is 19.6 Å². The van der Waals surface area contributed by atoms with E-state index in [1.807, 2.05) is 6.08 Å². The molecule has 0 aromatic rings. The van der Waals surface area contributed by atoms with Gasteiger partial charge in [0.05, 0.1) is 12.6 Å². The van der Waals surface area contributed by atoms with Crippen molar-refractivity contribution in [1.29, 1.82) is 0 Å². The maximum absolute atomic E-state index is 12.5. The van der Waals surface area contributed by atoms with Crippen LogP contribution in [-0.2, 0) is 14.3 Å². The molecule has 2 aliphatic heterocycles. The third-order valence-corrected chi connectivity index (χ3v) is 4.85. The van der Waals surface area contributed by atoms with E-state index in [1.54, 1.807) is 20.8 Å². The van der Waals surface area contributed by atoms with Crippen LogP contribution >= 0.6 is 0 Å². The van der Waals surface area contributed by atoms with Crippen molar-refractivity contribution < 1.29 is 29.4 Å². The molecule has 0 amide bonds. The first-order chi connectivity index (χ1) is 9.82. The summed E-state index contributed by atoms with van der Waals surface area (Å²) in [7, 11) is 1.45. The molecule has 0 bridgehead atoms. The SMILES string of the molecule is CO[C@@H](C)[C@](O)(C(=O)OC1=CC[NH+]2CC[C@@H](O)[C@H]12)C(C)C. The van der Waals surface area contributed by atoms with Gasteiger partial charge in [0.1, 0.15) is 12.6 Å². The molecule has 0 aromatic carbocycles. The van der Waals surface area contributed by atoms with Gasteiger partial charge in [-0.15, -0.1) is 0 Å². The van der Waals surface area contributed by atoms with Crippen LogP contribution in [0.3, 0.4) is 0 Å². The van der Waals surface area contributed by atoms with Gasteiger partial charge in [-0.1, -0.05) is 13.8 Å². The predicted molar refractivity (Wildman–Crippen MR) is 75.5 cm³/mol. The third kappa shape index (κ3) is 2.73. The van der Waals surface area contributed by atoms with Crippen LogP contribution in [0.1, 0.15) is 27.2 Å². The predicted octanol–water partition coefficient (Wildman–Crippen LogP) is -1.13. The van der Waals surface area contributed by atoms with Crippen LogP contribution in [0.4, 0.5) is 0 Å². The van der Waals surface area contributed by atoms with E-state index >= 15 is 0 Å². The topological polar surface area (TPSA) is 80.4 Å². The Kier molecular flexibility index (Phi) is 4.72. The van der Waals surface area contributed by atoms with Crippen molar-refractivity contribution in [2.45, 2.75) is 51.0 Å². The molecular formula is C15H26NO5+. The van der Waals surface area contributed by atoms with Crippen molar-refractivity contribution in [2.75, 3.05) is 20.2 Å². The summed E-state index contributed by atoms with van der Waals surface area (Å²) in [5.41, 5.74) is -1.71. The number of hydrogen-bond donors (Lipinski definition) is 3. The standard InChI is InChI=1S/C15H25NO5/c1-9(2)15(19,10(3)20-4)14(18)21-12-6-8-16-7-5-11(17)13(12)16/h6,9-11,13,17,19H,5,7-8H2,1-4H3/p+1/t10-,11+,13+,15-/m0/s1. The van der Waals surface area contributed by atoms with E-state index in [0.717, 1.165) is 13.1 Å². The minimum absolute atomic E-state index is 0.191. The molecule has 120 valence electrons. The number of ether oxygens (including phenoxy) is 2. The number of carbonyl (C=O) groups excluding carboxylic acids is 1. The highest BCUT2D eigenvalue weighted by atomic mass is 16.6. The first kappa shape index (κ1) is 16.4. The van der Waals surface area contributed by atoms with Gasteiger partial charge in [-0.25, -0.2) is 4.79 Å². The van der Waals surface area contributed by atoms with Crippen molar-refractivity contribution in [3.63, 3.8) is 0 Å². The molecule has 0 saturated carbocycles. The second-order valence-electron chi connectivity index (χ2n) is 6.30. The van der Waals surface area contributed by atoms with Crippen LogP contribution in [-0.4, -0.2) is 60.2 Å². The fourth-order valence-corrected chi connectivity index (χ4v) is 3.25. The van der Waals surface area contributed by atoms with E-state index in [-0.39, 0.29) is 12.0 Å². The number of hydrogen-bond acceptors (Lipinski definition) is 5. The van der Waals surface area contributed by atoms with Crippen LogP contribution < -0.4 is 4.90 Å². The smallest absolute Gasteiger partial charge is 0.346 e. The van der Waals surface area contributed by atoms with E-state index in [9.17, 15) is 15.0 Å². The zero-order valence-corrected chi connectivity index (χ0v) is 13.1. The molecule has 0 spiro atoms. The van der Waals surface area contributed by atoms with Gasteiger partial charge in [0.2, 0.25) is 0 Å². The number of methoxy groups -OCH3 is 1. The summed E-state index contributed by atoms with van der Waals surface area (Å²) in [6, 6.07) is -0.191. The molecule has 1 saturated heterocycles. The number of rotatable bonds is 5. The fraction of sp³-hybridized carbons (Fsp3) is 0.800. The summed E-state index contributed by atoms with van der Waals surface area (Å²) in [4.78, 5) is 13.7. The summed E-state index contributed by atoms with van der Waals surface area (Å²) in [5.74, 6) is -0.584. The Labute approximate surface area is 125 Å². The van der Waals surface area contributed by atoms with Crippen LogP contribution in [0, 0.1) is 5.92 Å². The number of quaternary nitrogens is 1. The molecule has 21 heavy (non-hydrogen) atoms. The van der Waals surface area contributed by atoms with E-state index in [1.165, 1.54) is 12.0 Å². The number of aliphatic hydroxyl groups excluding tert-OH is 1. The quantitative estimate of drug-likeness (QED) is 0.560. The molecule has 6 heteroatoms. The monoisotopic (exact) mass is 300 g/mol. The number of esters is 1. The van der Waals surface area contributed by atoms with E-state index in [2.05, 4.69) is 0 Å². The Morgan fingerprint density at radius 1 is 1.48 bits per heavy atom. The largest absolute Gasteiger partial charge is 0.422 e. The van der Waals surface area contributed by atoms with Gasteiger partial charge in [-0.2, -0.15) is 0 Å². The molecule has 0 radical (unpaired) electrons. The van der Waals surface area contributed by atoms with Gasteiger partial charge < -0.3 is 24.6 Å². The number of fused-ring (bicyclic) bond motifs is 1. The summed E-state index contributed by atoms with van der Waals surface area (Å²) < 4.78 is 10.6. The van der Waals surface area contributed by atoms with Crippen LogP contribution in [0.2, 0.25) is 0 Å². The van der Waals surface area contributed by atoms with Crippen LogP contribution in [0.15, 0.2) is 11.8 Å². The normalized spacial score (nSPS) is 32.5. The van der Waals surface area contributed by atoms with Crippen molar-refractivity contribution in [2.24, 2.45) is 5.92 Å². The second-order valence-corrected chi connectivity index (χ2v) is 6.30. The number of carbonyl (C=O) groups is 1. The van der Waals surface area contributed by atoms with Crippen molar-refractivity contribution in [3.8, 4) is 0 Å². The minimum Gasteiger partial charge on any atom is -0.422 e. The average molecular weight is 300 g/mol. The molecule has 5 atom stereocenters. The molecule has 3 N–H and O–H groups in total. The lowest BCUT2D eigenvalue weighted by Crippen LogP contribution is -3.12. The Bertz CT molecular complexity index is 436. The van der Waals surface area contributed by atoms with Crippen molar-refractivity contribution in [3.05, 3.63) is 11.8 Å². The maximum Gasteiger partial charge on any atom is 0.346 e. The molecular weight excluding hydrogens is 274 g/mol. The molecule has 2 aliphatic rings. The number of aliphatic hydroxyl groups is 2. The summed E-state index contributed by atoms with van der Waals surface area (Å²) in [6.07, 6.45) is 1.37. The molecule has 0 aromatic heterocycles. The number of nitrogens with one attached hydrogen (secondary N) is 1. The Balaban J connectivity index is 2.13. The summed E-state index contributed by atoms with van der Waals surface area (Å²) in [5, 5.41) is 20.7. The molecule has 0 aliphatic carbocycles. The van der Waals surface area contributed by atoms with Gasteiger partial charge in [-0.3, -0.25) is 0 Å². The van der Waals surface area contributed by atoms with E-state index in [4.69, 9.17) is 9.47 Å². The first-order valence-corrected chi connectivity index (χ1v) is 7.52. The minimum atomic E-state index is -1.71. The van der Waals surface area contributed by atoms with Crippen LogP contribution in [0.5, 0.6) is 0 Å². The Hall–Kier alpha value is -0.950. The zero-order chi connectivity index (χ0) is 15.8. The highest BCUT2D eigenvalue weighted by molar-refractivity contribution is 5.81. The molecule has 1 fully saturated rings. The zero-order valence-electron chi connectivity index (χ0n) is 13.1. The van der Waals surface area contributed by atoms with Gasteiger partial charge in [0.15, 0.2) is 17.4 Å². The average Bonchev–Trinajstić information content (AvgIpc) is 3.01. The molecule has 2 heterocycles. The van der Waals surface area contributed by atoms with E-state index in [0.29, 0.717) is 12.2 Å².